The first kappa shape index (κ1) is 14.8. The predicted octanol–water partition coefficient (Wildman–Crippen LogP) is 3.28. The normalized spacial score (nSPS) is 35.9. The van der Waals surface area contributed by atoms with Gasteiger partial charge in [0.1, 0.15) is 0 Å². The molecule has 0 spiro atoms. The van der Waals surface area contributed by atoms with Gasteiger partial charge in [-0.15, -0.1) is 0 Å². The molecule has 0 radical (unpaired) electrons. The van der Waals surface area contributed by atoms with Crippen LogP contribution in [0.15, 0.2) is 0 Å². The molecule has 2 fully saturated rings. The molecule has 3 nitrogen and oxygen atoms in total. The molecule has 1 N–H and O–H groups in total. The maximum atomic E-state index is 11.7. The minimum Gasteiger partial charge on any atom is -0.466 e. The Morgan fingerprint density at radius 2 is 1.79 bits per heavy atom. The summed E-state index contributed by atoms with van der Waals surface area (Å²) in [6, 6.07) is 1.33. The molecule has 2 unspecified atom stereocenters. The number of carbonyl (C=O) groups is 1. The molecule has 0 aliphatic heterocycles. The van der Waals surface area contributed by atoms with Crippen LogP contribution in [0.2, 0.25) is 0 Å². The lowest BCUT2D eigenvalue weighted by Gasteiger charge is -2.36. The third kappa shape index (κ3) is 4.20. The van der Waals surface area contributed by atoms with E-state index in [0.717, 1.165) is 31.6 Å². The lowest BCUT2D eigenvalue weighted by molar-refractivity contribution is -0.149. The minimum absolute atomic E-state index is 0.0204. The van der Waals surface area contributed by atoms with E-state index in [-0.39, 0.29) is 11.9 Å². The molecule has 0 aromatic carbocycles. The van der Waals surface area contributed by atoms with Gasteiger partial charge in [0.15, 0.2) is 0 Å². The van der Waals surface area contributed by atoms with Crippen molar-refractivity contribution in [2.75, 3.05) is 6.61 Å². The smallest absolute Gasteiger partial charge is 0.308 e. The van der Waals surface area contributed by atoms with Crippen LogP contribution >= 0.6 is 0 Å². The van der Waals surface area contributed by atoms with E-state index in [0.29, 0.717) is 18.7 Å². The van der Waals surface area contributed by atoms with Gasteiger partial charge in [0, 0.05) is 12.1 Å². The monoisotopic (exact) mass is 267 g/mol. The van der Waals surface area contributed by atoms with E-state index < -0.39 is 0 Å². The quantitative estimate of drug-likeness (QED) is 0.794. The Morgan fingerprint density at radius 3 is 2.42 bits per heavy atom. The molecule has 0 aromatic heterocycles. The summed E-state index contributed by atoms with van der Waals surface area (Å²) in [5.41, 5.74) is 0. The number of esters is 1. The second-order valence-electron chi connectivity index (χ2n) is 6.34. The maximum absolute atomic E-state index is 11.7. The summed E-state index contributed by atoms with van der Waals surface area (Å²) in [6.45, 7) is 4.77. The summed E-state index contributed by atoms with van der Waals surface area (Å²) in [4.78, 5) is 11.7. The molecule has 2 aliphatic carbocycles. The number of hydrogen-bond donors (Lipinski definition) is 1. The van der Waals surface area contributed by atoms with E-state index in [1.807, 2.05) is 6.92 Å². The Labute approximate surface area is 117 Å². The van der Waals surface area contributed by atoms with Gasteiger partial charge in [-0.2, -0.15) is 0 Å². The van der Waals surface area contributed by atoms with Gasteiger partial charge in [-0.05, 0) is 51.4 Å². The Kier molecular flexibility index (Phi) is 5.68. The molecule has 2 aliphatic rings. The Hall–Kier alpha value is -0.570. The molecule has 0 bridgehead atoms. The largest absolute Gasteiger partial charge is 0.466 e. The van der Waals surface area contributed by atoms with Crippen LogP contribution < -0.4 is 5.32 Å². The van der Waals surface area contributed by atoms with Crippen LogP contribution in [0.3, 0.4) is 0 Å². The van der Waals surface area contributed by atoms with E-state index in [2.05, 4.69) is 12.2 Å². The Bertz CT molecular complexity index is 284. The van der Waals surface area contributed by atoms with Crippen LogP contribution in [0.5, 0.6) is 0 Å². The molecule has 2 saturated carbocycles. The van der Waals surface area contributed by atoms with E-state index in [1.165, 1.54) is 25.7 Å². The summed E-state index contributed by atoms with van der Waals surface area (Å²) < 4.78 is 5.12. The van der Waals surface area contributed by atoms with Crippen molar-refractivity contribution in [3.8, 4) is 0 Å². The van der Waals surface area contributed by atoms with Gasteiger partial charge in [0.25, 0.3) is 0 Å². The summed E-state index contributed by atoms with van der Waals surface area (Å²) in [5.74, 6) is 0.991. The van der Waals surface area contributed by atoms with Crippen LogP contribution in [0.25, 0.3) is 0 Å². The predicted molar refractivity (Wildman–Crippen MR) is 76.9 cm³/mol. The van der Waals surface area contributed by atoms with Gasteiger partial charge in [-0.3, -0.25) is 4.79 Å². The molecular weight excluding hydrogens is 238 g/mol. The van der Waals surface area contributed by atoms with Gasteiger partial charge >= 0.3 is 5.97 Å². The average molecular weight is 267 g/mol. The Balaban J connectivity index is 1.72. The van der Waals surface area contributed by atoms with Gasteiger partial charge in [-0.25, -0.2) is 0 Å². The van der Waals surface area contributed by atoms with Crippen molar-refractivity contribution in [3.63, 3.8) is 0 Å². The van der Waals surface area contributed by atoms with E-state index in [4.69, 9.17) is 4.74 Å². The highest BCUT2D eigenvalue weighted by molar-refractivity contribution is 5.72. The number of nitrogens with one attached hydrogen (secondary N) is 1. The standard InChI is InChI=1S/C16H29NO2/c1-3-19-16(18)13-8-10-14(11-9-13)17-15-7-5-4-6-12(15)2/h12-15,17H,3-11H2,1-2H3. The lowest BCUT2D eigenvalue weighted by atomic mass is 9.82. The SMILES string of the molecule is CCOC(=O)C1CCC(NC2CCCCC2C)CC1. The van der Waals surface area contributed by atoms with Crippen molar-refractivity contribution in [1.29, 1.82) is 0 Å². The molecule has 0 saturated heterocycles. The van der Waals surface area contributed by atoms with Gasteiger partial charge in [0.05, 0.1) is 12.5 Å². The van der Waals surface area contributed by atoms with Gasteiger partial charge in [-0.1, -0.05) is 19.8 Å². The molecule has 19 heavy (non-hydrogen) atoms. The zero-order valence-corrected chi connectivity index (χ0v) is 12.5. The summed E-state index contributed by atoms with van der Waals surface area (Å²) in [5, 5.41) is 3.85. The fourth-order valence-electron chi connectivity index (χ4n) is 3.62. The molecule has 0 heterocycles. The van der Waals surface area contributed by atoms with Gasteiger partial charge < -0.3 is 10.1 Å². The van der Waals surface area contributed by atoms with Crippen molar-refractivity contribution < 1.29 is 9.53 Å². The van der Waals surface area contributed by atoms with E-state index in [1.54, 1.807) is 0 Å². The van der Waals surface area contributed by atoms with Crippen molar-refractivity contribution in [1.82, 2.24) is 5.32 Å². The third-order valence-electron chi connectivity index (χ3n) is 4.91. The van der Waals surface area contributed by atoms with Crippen LogP contribution in [0.4, 0.5) is 0 Å². The number of rotatable bonds is 4. The highest BCUT2D eigenvalue weighted by atomic mass is 16.5. The lowest BCUT2D eigenvalue weighted by Crippen LogP contribution is -2.45. The zero-order valence-electron chi connectivity index (χ0n) is 12.5. The first-order valence-electron chi connectivity index (χ1n) is 8.13. The van der Waals surface area contributed by atoms with E-state index in [9.17, 15) is 4.79 Å². The number of ether oxygens (including phenoxy) is 1. The summed E-state index contributed by atoms with van der Waals surface area (Å²) >= 11 is 0. The minimum atomic E-state index is 0.0204. The van der Waals surface area contributed by atoms with Crippen molar-refractivity contribution in [3.05, 3.63) is 0 Å². The average Bonchev–Trinajstić information content (AvgIpc) is 2.42. The zero-order chi connectivity index (χ0) is 13.7. The second-order valence-corrected chi connectivity index (χ2v) is 6.34. The fourth-order valence-corrected chi connectivity index (χ4v) is 3.62. The number of hydrogen-bond acceptors (Lipinski definition) is 3. The molecular formula is C16H29NO2. The topological polar surface area (TPSA) is 38.3 Å². The Morgan fingerprint density at radius 1 is 1.11 bits per heavy atom. The van der Waals surface area contributed by atoms with Crippen LogP contribution in [-0.2, 0) is 9.53 Å². The first-order valence-corrected chi connectivity index (χ1v) is 8.13. The maximum Gasteiger partial charge on any atom is 0.308 e. The molecule has 2 rings (SSSR count). The molecule has 2 atom stereocenters. The molecule has 110 valence electrons. The summed E-state index contributed by atoms with van der Waals surface area (Å²) in [6.07, 6.45) is 9.73. The van der Waals surface area contributed by atoms with Crippen molar-refractivity contribution in [2.24, 2.45) is 11.8 Å². The second kappa shape index (κ2) is 7.28. The van der Waals surface area contributed by atoms with Crippen molar-refractivity contribution in [2.45, 2.75) is 77.3 Å². The van der Waals surface area contributed by atoms with Crippen LogP contribution in [0.1, 0.15) is 65.2 Å². The number of carbonyl (C=O) groups excluding carboxylic acids is 1. The molecule has 0 amide bonds. The highest BCUT2D eigenvalue weighted by Gasteiger charge is 2.30. The first-order chi connectivity index (χ1) is 9.20. The third-order valence-corrected chi connectivity index (χ3v) is 4.91. The summed E-state index contributed by atoms with van der Waals surface area (Å²) in [7, 11) is 0. The molecule has 0 aromatic rings. The van der Waals surface area contributed by atoms with Crippen LogP contribution in [0, 0.1) is 11.8 Å². The fraction of sp³-hybridized carbons (Fsp3) is 0.938. The molecule has 3 heteroatoms. The van der Waals surface area contributed by atoms with Gasteiger partial charge in [0.2, 0.25) is 0 Å². The van der Waals surface area contributed by atoms with Crippen molar-refractivity contribution >= 4 is 5.97 Å². The van der Waals surface area contributed by atoms with Crippen LogP contribution in [-0.4, -0.2) is 24.7 Å². The highest BCUT2D eigenvalue weighted by Crippen LogP contribution is 2.29. The van der Waals surface area contributed by atoms with E-state index >= 15 is 0 Å².